The van der Waals surface area contributed by atoms with Gasteiger partial charge in [0.15, 0.2) is 11.6 Å². The van der Waals surface area contributed by atoms with E-state index in [1.807, 2.05) is 13.0 Å². The molecule has 0 unspecified atom stereocenters. The van der Waals surface area contributed by atoms with Gasteiger partial charge in [0.25, 0.3) is 0 Å². The Kier molecular flexibility index (Phi) is 4.19. The van der Waals surface area contributed by atoms with E-state index in [0.29, 0.717) is 12.4 Å². The molecular formula is C10H13FN2O. The fraction of sp³-hybridized carbons (Fsp3) is 0.400. The zero-order chi connectivity index (χ0) is 10.4. The smallest absolute Gasteiger partial charge is 0.159 e. The lowest BCUT2D eigenvalue weighted by molar-refractivity contribution is 0.204. The van der Waals surface area contributed by atoms with Gasteiger partial charge >= 0.3 is 0 Å². The number of hydrogen-bond acceptors (Lipinski definition) is 3. The molecule has 14 heavy (non-hydrogen) atoms. The first-order chi connectivity index (χ1) is 6.74. The van der Waals surface area contributed by atoms with Crippen LogP contribution in [0.3, 0.4) is 0 Å². The molecule has 1 aromatic rings. The third-order valence-electron chi connectivity index (χ3n) is 1.75. The molecule has 0 aliphatic carbocycles. The normalized spacial score (nSPS) is 11.8. The summed E-state index contributed by atoms with van der Waals surface area (Å²) >= 11 is 0. The van der Waals surface area contributed by atoms with E-state index in [9.17, 15) is 4.39 Å². The Morgan fingerprint density at radius 3 is 2.71 bits per heavy atom. The number of hydrogen-bond donors (Lipinski definition) is 0. The highest BCUT2D eigenvalue weighted by molar-refractivity contribution is 5.56. The molecule has 0 fully saturated rings. The second-order valence-electron chi connectivity index (χ2n) is 2.89. The maximum atomic E-state index is 12.5. The Morgan fingerprint density at radius 1 is 1.50 bits per heavy atom. The average molecular weight is 196 g/mol. The molecule has 3 nitrogen and oxygen atoms in total. The van der Waals surface area contributed by atoms with E-state index >= 15 is 0 Å². The maximum absolute atomic E-state index is 12.5. The second-order valence-corrected chi connectivity index (χ2v) is 2.89. The van der Waals surface area contributed by atoms with Crippen molar-refractivity contribution < 1.29 is 9.13 Å². The van der Waals surface area contributed by atoms with Gasteiger partial charge in [0, 0.05) is 13.7 Å². The van der Waals surface area contributed by atoms with Crippen LogP contribution in [0.5, 0.6) is 0 Å². The molecule has 1 rings (SSSR count). The van der Waals surface area contributed by atoms with Crippen molar-refractivity contribution in [3.05, 3.63) is 30.1 Å². The van der Waals surface area contributed by atoms with E-state index in [4.69, 9.17) is 4.74 Å². The number of methoxy groups -OCH3 is 1. The highest BCUT2D eigenvalue weighted by Crippen LogP contribution is 2.08. The van der Waals surface area contributed by atoms with Crippen molar-refractivity contribution in [3.63, 3.8) is 0 Å². The highest BCUT2D eigenvalue weighted by Gasteiger charge is 1.98. The van der Waals surface area contributed by atoms with Crippen molar-refractivity contribution in [2.24, 2.45) is 0 Å². The molecule has 0 N–H and O–H groups in total. The van der Waals surface area contributed by atoms with Gasteiger partial charge in [-0.05, 0) is 18.9 Å². The molecule has 0 amide bonds. The molecule has 0 saturated carbocycles. The van der Waals surface area contributed by atoms with Crippen LogP contribution in [0.25, 0.3) is 5.57 Å². The first-order valence-electron chi connectivity index (χ1n) is 4.37. The van der Waals surface area contributed by atoms with Gasteiger partial charge < -0.3 is 4.74 Å². The summed E-state index contributed by atoms with van der Waals surface area (Å²) in [5, 5.41) is 0. The zero-order valence-corrected chi connectivity index (χ0v) is 8.33. The number of ether oxygens (including phenoxy) is 1. The predicted molar refractivity (Wildman–Crippen MR) is 52.1 cm³/mol. The van der Waals surface area contributed by atoms with Gasteiger partial charge in [-0.2, -0.15) is 0 Å². The third-order valence-corrected chi connectivity index (χ3v) is 1.75. The Morgan fingerprint density at radius 2 is 2.14 bits per heavy atom. The SMILES string of the molecule is COCCC=C(C)c1ncc(F)cn1. The van der Waals surface area contributed by atoms with Crippen LogP contribution in [0.15, 0.2) is 18.5 Å². The first kappa shape index (κ1) is 10.8. The topological polar surface area (TPSA) is 35.0 Å². The standard InChI is InChI=1S/C10H13FN2O/c1-8(4-3-5-14-2)10-12-6-9(11)7-13-10/h4,6-7H,3,5H2,1-2H3. The van der Waals surface area contributed by atoms with Crippen molar-refractivity contribution in [2.45, 2.75) is 13.3 Å². The van der Waals surface area contributed by atoms with Gasteiger partial charge in [-0.25, -0.2) is 14.4 Å². The van der Waals surface area contributed by atoms with Gasteiger partial charge in [0.1, 0.15) is 0 Å². The lowest BCUT2D eigenvalue weighted by Crippen LogP contribution is -1.93. The number of rotatable bonds is 4. The quantitative estimate of drug-likeness (QED) is 0.691. The number of aromatic nitrogens is 2. The Bertz CT molecular complexity index is 308. The summed E-state index contributed by atoms with van der Waals surface area (Å²) in [5.41, 5.74) is 0.932. The molecular weight excluding hydrogens is 183 g/mol. The molecule has 0 saturated heterocycles. The average Bonchev–Trinajstić information content (AvgIpc) is 2.19. The lowest BCUT2D eigenvalue weighted by atomic mass is 10.2. The summed E-state index contributed by atoms with van der Waals surface area (Å²) < 4.78 is 17.4. The zero-order valence-electron chi connectivity index (χ0n) is 8.33. The van der Waals surface area contributed by atoms with Gasteiger partial charge in [0.05, 0.1) is 12.4 Å². The molecule has 0 spiro atoms. The third kappa shape index (κ3) is 3.22. The minimum absolute atomic E-state index is 0.418. The van der Waals surface area contributed by atoms with E-state index in [0.717, 1.165) is 24.4 Å². The number of halogens is 1. The van der Waals surface area contributed by atoms with Crippen LogP contribution in [0.1, 0.15) is 19.2 Å². The van der Waals surface area contributed by atoms with Crippen LogP contribution in [0.4, 0.5) is 4.39 Å². The van der Waals surface area contributed by atoms with E-state index < -0.39 is 5.82 Å². The molecule has 0 radical (unpaired) electrons. The molecule has 0 aliphatic rings. The van der Waals surface area contributed by atoms with Crippen molar-refractivity contribution in [1.29, 1.82) is 0 Å². The highest BCUT2D eigenvalue weighted by atomic mass is 19.1. The molecule has 1 heterocycles. The predicted octanol–water partition coefficient (Wildman–Crippen LogP) is 2.06. The van der Waals surface area contributed by atoms with Crippen LogP contribution < -0.4 is 0 Å². The van der Waals surface area contributed by atoms with Crippen molar-refractivity contribution >= 4 is 5.57 Å². The molecule has 76 valence electrons. The van der Waals surface area contributed by atoms with Crippen molar-refractivity contribution in [3.8, 4) is 0 Å². The van der Waals surface area contributed by atoms with Crippen LogP contribution in [-0.2, 0) is 4.74 Å². The van der Waals surface area contributed by atoms with Crippen LogP contribution in [-0.4, -0.2) is 23.7 Å². The van der Waals surface area contributed by atoms with Crippen molar-refractivity contribution in [1.82, 2.24) is 9.97 Å². The van der Waals surface area contributed by atoms with Crippen molar-refractivity contribution in [2.75, 3.05) is 13.7 Å². The molecule has 0 aliphatic heterocycles. The van der Waals surface area contributed by atoms with Crippen LogP contribution in [0.2, 0.25) is 0 Å². The van der Waals surface area contributed by atoms with E-state index in [1.54, 1.807) is 7.11 Å². The fourth-order valence-electron chi connectivity index (χ4n) is 1.00. The van der Waals surface area contributed by atoms with Gasteiger partial charge in [0.2, 0.25) is 0 Å². The Labute approximate surface area is 82.6 Å². The summed E-state index contributed by atoms with van der Waals surface area (Å²) in [6, 6.07) is 0. The molecule has 1 aromatic heterocycles. The van der Waals surface area contributed by atoms with Gasteiger partial charge in [-0.1, -0.05) is 6.08 Å². The summed E-state index contributed by atoms with van der Waals surface area (Å²) in [7, 11) is 1.65. The fourth-order valence-corrected chi connectivity index (χ4v) is 1.00. The van der Waals surface area contributed by atoms with E-state index in [2.05, 4.69) is 9.97 Å². The number of allylic oxidation sites excluding steroid dienone is 1. The summed E-state index contributed by atoms with van der Waals surface area (Å²) in [4.78, 5) is 7.72. The number of nitrogens with zero attached hydrogens (tertiary/aromatic N) is 2. The first-order valence-corrected chi connectivity index (χ1v) is 4.37. The second kappa shape index (κ2) is 5.44. The molecule has 4 heteroatoms. The monoisotopic (exact) mass is 196 g/mol. The van der Waals surface area contributed by atoms with E-state index in [-0.39, 0.29) is 0 Å². The van der Waals surface area contributed by atoms with E-state index in [1.165, 1.54) is 0 Å². The Balaban J connectivity index is 2.64. The van der Waals surface area contributed by atoms with Gasteiger partial charge in [-0.3, -0.25) is 0 Å². The summed E-state index contributed by atoms with van der Waals surface area (Å²) in [6.07, 6.45) is 5.10. The minimum Gasteiger partial charge on any atom is -0.384 e. The van der Waals surface area contributed by atoms with Crippen LogP contribution >= 0.6 is 0 Å². The largest absolute Gasteiger partial charge is 0.384 e. The lowest BCUT2D eigenvalue weighted by Gasteiger charge is -1.99. The molecule has 0 atom stereocenters. The minimum atomic E-state index is -0.418. The van der Waals surface area contributed by atoms with Gasteiger partial charge in [-0.15, -0.1) is 0 Å². The maximum Gasteiger partial charge on any atom is 0.159 e. The summed E-state index contributed by atoms with van der Waals surface area (Å²) in [5.74, 6) is 0.140. The summed E-state index contributed by atoms with van der Waals surface area (Å²) in [6.45, 7) is 2.56. The Hall–Kier alpha value is -1.29. The van der Waals surface area contributed by atoms with Crippen LogP contribution in [0, 0.1) is 5.82 Å². The molecule has 0 aromatic carbocycles. The molecule has 0 bridgehead atoms.